The van der Waals surface area contributed by atoms with E-state index in [9.17, 15) is 4.79 Å². The SMILES string of the molecule is COc1ccc(CCC(C)NC(=O)N[C@H](C)CCO)cc1. The molecule has 21 heavy (non-hydrogen) atoms. The molecule has 2 amide bonds. The van der Waals surface area contributed by atoms with Crippen LogP contribution in [0.15, 0.2) is 24.3 Å². The van der Waals surface area contributed by atoms with Crippen LogP contribution in [0.3, 0.4) is 0 Å². The second kappa shape index (κ2) is 9.23. The molecule has 0 radical (unpaired) electrons. The van der Waals surface area contributed by atoms with Gasteiger partial charge in [0.15, 0.2) is 0 Å². The number of benzene rings is 1. The lowest BCUT2D eigenvalue weighted by molar-refractivity contribution is 0.227. The summed E-state index contributed by atoms with van der Waals surface area (Å²) in [5.74, 6) is 0.849. The fourth-order valence-electron chi connectivity index (χ4n) is 2.00. The fourth-order valence-corrected chi connectivity index (χ4v) is 2.00. The third-order valence-electron chi connectivity index (χ3n) is 3.34. The molecule has 0 fully saturated rings. The second-order valence-electron chi connectivity index (χ2n) is 5.32. The number of ether oxygens (including phenoxy) is 1. The number of aliphatic hydroxyl groups excluding tert-OH is 1. The summed E-state index contributed by atoms with van der Waals surface area (Å²) in [5.41, 5.74) is 1.22. The number of nitrogens with one attached hydrogen (secondary N) is 2. The predicted octanol–water partition coefficient (Wildman–Crippen LogP) is 2.09. The van der Waals surface area contributed by atoms with Gasteiger partial charge in [0.2, 0.25) is 0 Å². The first kappa shape index (κ1) is 17.3. The van der Waals surface area contributed by atoms with Crippen molar-refractivity contribution in [3.8, 4) is 5.75 Å². The lowest BCUT2D eigenvalue weighted by Crippen LogP contribution is -2.44. The predicted molar refractivity (Wildman–Crippen MR) is 83.6 cm³/mol. The van der Waals surface area contributed by atoms with E-state index in [0.29, 0.717) is 6.42 Å². The van der Waals surface area contributed by atoms with Crippen molar-refractivity contribution < 1.29 is 14.6 Å². The molecule has 1 aromatic rings. The van der Waals surface area contributed by atoms with Gasteiger partial charge in [-0.15, -0.1) is 0 Å². The zero-order chi connectivity index (χ0) is 15.7. The third kappa shape index (κ3) is 6.99. The molecule has 1 aromatic carbocycles. The molecule has 0 aromatic heterocycles. The minimum Gasteiger partial charge on any atom is -0.497 e. The van der Waals surface area contributed by atoms with E-state index >= 15 is 0 Å². The van der Waals surface area contributed by atoms with Crippen LogP contribution in [0.2, 0.25) is 0 Å². The summed E-state index contributed by atoms with van der Waals surface area (Å²) in [7, 11) is 1.65. The lowest BCUT2D eigenvalue weighted by Gasteiger charge is -2.17. The van der Waals surface area contributed by atoms with Crippen LogP contribution >= 0.6 is 0 Å². The molecule has 0 aliphatic carbocycles. The number of aryl methyl sites for hydroxylation is 1. The van der Waals surface area contributed by atoms with Crippen molar-refractivity contribution in [1.29, 1.82) is 0 Å². The van der Waals surface area contributed by atoms with Gasteiger partial charge in [-0.25, -0.2) is 4.79 Å². The number of carbonyl (C=O) groups is 1. The third-order valence-corrected chi connectivity index (χ3v) is 3.34. The molecule has 0 spiro atoms. The Labute approximate surface area is 126 Å². The van der Waals surface area contributed by atoms with Crippen LogP contribution in [-0.2, 0) is 6.42 Å². The largest absolute Gasteiger partial charge is 0.497 e. The molecule has 0 heterocycles. The fraction of sp³-hybridized carbons (Fsp3) is 0.562. The molecular weight excluding hydrogens is 268 g/mol. The maximum atomic E-state index is 11.7. The highest BCUT2D eigenvalue weighted by molar-refractivity contribution is 5.74. The van der Waals surface area contributed by atoms with Gasteiger partial charge in [-0.2, -0.15) is 0 Å². The average molecular weight is 294 g/mol. The molecule has 0 aliphatic rings. The highest BCUT2D eigenvalue weighted by Crippen LogP contribution is 2.13. The van der Waals surface area contributed by atoms with E-state index in [0.717, 1.165) is 18.6 Å². The Morgan fingerprint density at radius 1 is 1.14 bits per heavy atom. The number of amides is 2. The van der Waals surface area contributed by atoms with Crippen LogP contribution in [0.25, 0.3) is 0 Å². The van der Waals surface area contributed by atoms with E-state index in [1.165, 1.54) is 5.56 Å². The normalized spacial score (nSPS) is 13.3. The zero-order valence-electron chi connectivity index (χ0n) is 13.1. The van der Waals surface area contributed by atoms with Gasteiger partial charge in [-0.3, -0.25) is 0 Å². The van der Waals surface area contributed by atoms with Crippen LogP contribution in [0.5, 0.6) is 5.75 Å². The molecule has 5 heteroatoms. The van der Waals surface area contributed by atoms with Crippen LogP contribution in [0.1, 0.15) is 32.3 Å². The van der Waals surface area contributed by atoms with Gasteiger partial charge in [-0.05, 0) is 50.8 Å². The smallest absolute Gasteiger partial charge is 0.315 e. The molecule has 0 aliphatic heterocycles. The summed E-state index contributed by atoms with van der Waals surface area (Å²) in [5, 5.41) is 14.5. The molecule has 1 unspecified atom stereocenters. The van der Waals surface area contributed by atoms with Gasteiger partial charge in [0.1, 0.15) is 5.75 Å². The Morgan fingerprint density at radius 3 is 2.24 bits per heavy atom. The van der Waals surface area contributed by atoms with E-state index in [-0.39, 0.29) is 24.7 Å². The Bertz CT molecular complexity index is 420. The number of hydrogen-bond donors (Lipinski definition) is 3. The maximum Gasteiger partial charge on any atom is 0.315 e. The van der Waals surface area contributed by atoms with Gasteiger partial charge < -0.3 is 20.5 Å². The summed E-state index contributed by atoms with van der Waals surface area (Å²) in [6, 6.07) is 7.84. The average Bonchev–Trinajstić information content (AvgIpc) is 2.45. The van der Waals surface area contributed by atoms with Gasteiger partial charge in [0.25, 0.3) is 0 Å². The highest BCUT2D eigenvalue weighted by Gasteiger charge is 2.10. The standard InChI is InChI=1S/C16H26N2O3/c1-12(17-16(20)18-13(2)10-11-19)4-5-14-6-8-15(21-3)9-7-14/h6-9,12-13,19H,4-5,10-11H2,1-3H3,(H2,17,18,20)/t12?,13-/m1/s1. The van der Waals surface area contributed by atoms with E-state index in [1.54, 1.807) is 7.11 Å². The Hall–Kier alpha value is -1.75. The van der Waals surface area contributed by atoms with E-state index in [4.69, 9.17) is 9.84 Å². The summed E-state index contributed by atoms with van der Waals surface area (Å²) < 4.78 is 5.12. The van der Waals surface area contributed by atoms with Gasteiger partial charge in [-0.1, -0.05) is 12.1 Å². The van der Waals surface area contributed by atoms with Gasteiger partial charge in [0.05, 0.1) is 7.11 Å². The van der Waals surface area contributed by atoms with E-state index in [1.807, 2.05) is 38.1 Å². The van der Waals surface area contributed by atoms with Gasteiger partial charge >= 0.3 is 6.03 Å². The minimum atomic E-state index is -0.182. The monoisotopic (exact) mass is 294 g/mol. The van der Waals surface area contributed by atoms with E-state index in [2.05, 4.69) is 10.6 Å². The first-order chi connectivity index (χ1) is 10.0. The molecule has 0 saturated heterocycles. The van der Waals surface area contributed by atoms with Crippen molar-refractivity contribution in [3.63, 3.8) is 0 Å². The lowest BCUT2D eigenvalue weighted by atomic mass is 10.1. The topological polar surface area (TPSA) is 70.6 Å². The molecule has 0 bridgehead atoms. The highest BCUT2D eigenvalue weighted by atomic mass is 16.5. The number of methoxy groups -OCH3 is 1. The Kier molecular flexibility index (Phi) is 7.61. The first-order valence-electron chi connectivity index (χ1n) is 7.36. The van der Waals surface area contributed by atoms with Crippen LogP contribution < -0.4 is 15.4 Å². The van der Waals surface area contributed by atoms with Crippen molar-refractivity contribution in [1.82, 2.24) is 10.6 Å². The maximum absolute atomic E-state index is 11.7. The summed E-state index contributed by atoms with van der Waals surface area (Å²) >= 11 is 0. The van der Waals surface area contributed by atoms with Crippen molar-refractivity contribution in [2.45, 2.75) is 45.2 Å². The molecule has 3 N–H and O–H groups in total. The van der Waals surface area contributed by atoms with Crippen molar-refractivity contribution in [2.75, 3.05) is 13.7 Å². The van der Waals surface area contributed by atoms with Crippen LogP contribution in [-0.4, -0.2) is 36.9 Å². The summed E-state index contributed by atoms with van der Waals surface area (Å²) in [6.07, 6.45) is 2.33. The Morgan fingerprint density at radius 2 is 1.71 bits per heavy atom. The van der Waals surface area contributed by atoms with Crippen molar-refractivity contribution in [3.05, 3.63) is 29.8 Å². The minimum absolute atomic E-state index is 0.0243. The van der Waals surface area contributed by atoms with Crippen LogP contribution in [0, 0.1) is 0 Å². The van der Waals surface area contributed by atoms with E-state index < -0.39 is 0 Å². The number of urea groups is 1. The van der Waals surface area contributed by atoms with Crippen LogP contribution in [0.4, 0.5) is 4.79 Å². The first-order valence-corrected chi connectivity index (χ1v) is 7.36. The number of rotatable bonds is 8. The molecule has 0 saturated carbocycles. The van der Waals surface area contributed by atoms with Crippen molar-refractivity contribution in [2.24, 2.45) is 0 Å². The summed E-state index contributed by atoms with van der Waals surface area (Å²) in [6.45, 7) is 3.94. The van der Waals surface area contributed by atoms with Gasteiger partial charge in [0, 0.05) is 18.7 Å². The number of aliphatic hydroxyl groups is 1. The molecule has 2 atom stereocenters. The number of hydrogen-bond acceptors (Lipinski definition) is 3. The molecule has 118 valence electrons. The second-order valence-corrected chi connectivity index (χ2v) is 5.32. The molecule has 1 rings (SSSR count). The molecule has 5 nitrogen and oxygen atoms in total. The van der Waals surface area contributed by atoms with Crippen molar-refractivity contribution >= 4 is 6.03 Å². The quantitative estimate of drug-likeness (QED) is 0.687. The summed E-state index contributed by atoms with van der Waals surface area (Å²) in [4.78, 5) is 11.7. The zero-order valence-corrected chi connectivity index (χ0v) is 13.1. The molecular formula is C16H26N2O3. The Balaban J connectivity index is 2.29. The number of carbonyl (C=O) groups excluding carboxylic acids is 1.